The summed E-state index contributed by atoms with van der Waals surface area (Å²) in [6.45, 7) is -0.205. The number of anilines is 1. The fourth-order valence-corrected chi connectivity index (χ4v) is 4.82. The Morgan fingerprint density at radius 2 is 1.85 bits per heavy atom. The van der Waals surface area contributed by atoms with E-state index in [-0.39, 0.29) is 18.4 Å². The number of urea groups is 1. The maximum atomic E-state index is 12.8. The smallest absolute Gasteiger partial charge is 0.407 e. The fourth-order valence-electron chi connectivity index (χ4n) is 4.82. The first-order valence-electron chi connectivity index (χ1n) is 10.5. The van der Waals surface area contributed by atoms with Gasteiger partial charge in [0.1, 0.15) is 12.1 Å². The summed E-state index contributed by atoms with van der Waals surface area (Å²) in [4.78, 5) is 49.0. The number of benzene rings is 3. The summed E-state index contributed by atoms with van der Waals surface area (Å²) in [6.07, 6.45) is 0.751. The molecular weight excluding hydrogens is 424 g/mol. The van der Waals surface area contributed by atoms with Crippen LogP contribution in [0.2, 0.25) is 0 Å². The summed E-state index contributed by atoms with van der Waals surface area (Å²) in [5.74, 6) is -1.32. The lowest BCUT2D eigenvalue weighted by molar-refractivity contribution is -0.123. The van der Waals surface area contributed by atoms with Gasteiger partial charge in [-0.25, -0.2) is 9.59 Å². The second-order valence-corrected chi connectivity index (χ2v) is 8.46. The number of imide groups is 1. The lowest BCUT2D eigenvalue weighted by Crippen LogP contribution is -2.47. The number of nitrogens with zero attached hydrogens (tertiary/aromatic N) is 1. The Balaban J connectivity index is 1.24. The Hall–Kier alpha value is -4.40. The van der Waals surface area contributed by atoms with E-state index >= 15 is 0 Å². The highest BCUT2D eigenvalue weighted by molar-refractivity contribution is 6.08. The van der Waals surface area contributed by atoms with Crippen molar-refractivity contribution in [2.75, 3.05) is 5.32 Å². The van der Waals surface area contributed by atoms with Crippen LogP contribution in [0.4, 0.5) is 10.5 Å². The second-order valence-electron chi connectivity index (χ2n) is 8.46. The molecule has 6 rings (SSSR count). The van der Waals surface area contributed by atoms with Crippen molar-refractivity contribution < 1.29 is 18.8 Å². The van der Waals surface area contributed by atoms with Crippen LogP contribution in [0.15, 0.2) is 63.8 Å². The number of oxazole rings is 1. The van der Waals surface area contributed by atoms with E-state index in [4.69, 9.17) is 4.42 Å². The van der Waals surface area contributed by atoms with Gasteiger partial charge in [0.05, 0.1) is 5.52 Å². The standard InChI is InChI=1S/C24H18N4O5/c29-19(12-28-18-8-6-13-3-1-2-4-17(13)20(18)33-23(28)32)25-16-7-5-14-10-24(11-15(14)9-16)21(30)26-22(31)27-24/h1-9H,10-12H2,(H,25,29)(H2,26,27,30,31). The minimum atomic E-state index is -0.964. The molecule has 1 aromatic heterocycles. The molecule has 0 saturated carbocycles. The molecule has 33 heavy (non-hydrogen) atoms. The Kier molecular flexibility index (Phi) is 3.97. The first kappa shape index (κ1) is 19.3. The largest absolute Gasteiger partial charge is 0.420 e. The third kappa shape index (κ3) is 3.00. The summed E-state index contributed by atoms with van der Waals surface area (Å²) < 4.78 is 6.75. The fraction of sp³-hybridized carbons (Fsp3) is 0.167. The Morgan fingerprint density at radius 3 is 2.67 bits per heavy atom. The van der Waals surface area contributed by atoms with Gasteiger partial charge in [-0.2, -0.15) is 0 Å². The van der Waals surface area contributed by atoms with Gasteiger partial charge in [0.25, 0.3) is 5.91 Å². The first-order valence-corrected chi connectivity index (χ1v) is 10.5. The summed E-state index contributed by atoms with van der Waals surface area (Å²) in [7, 11) is 0. The van der Waals surface area contributed by atoms with Gasteiger partial charge >= 0.3 is 11.8 Å². The van der Waals surface area contributed by atoms with Crippen molar-refractivity contribution in [3.8, 4) is 0 Å². The minimum absolute atomic E-state index is 0.205. The van der Waals surface area contributed by atoms with Gasteiger partial charge in [0, 0.05) is 23.9 Å². The van der Waals surface area contributed by atoms with Crippen LogP contribution in [0.5, 0.6) is 0 Å². The molecular formula is C24H18N4O5. The maximum Gasteiger partial charge on any atom is 0.420 e. The summed E-state index contributed by atoms with van der Waals surface area (Å²) >= 11 is 0. The maximum absolute atomic E-state index is 12.8. The van der Waals surface area contributed by atoms with Gasteiger partial charge < -0.3 is 15.1 Å². The molecule has 9 heteroatoms. The number of amides is 4. The monoisotopic (exact) mass is 442 g/mol. The van der Waals surface area contributed by atoms with Crippen LogP contribution < -0.4 is 21.7 Å². The van der Waals surface area contributed by atoms with Crippen molar-refractivity contribution in [3.63, 3.8) is 0 Å². The Morgan fingerprint density at radius 1 is 1.03 bits per heavy atom. The normalized spacial score (nSPS) is 19.2. The SMILES string of the molecule is O=C(Cn1c(=O)oc2c3ccccc3ccc21)Nc1ccc2c(c1)CC1(C2)NC(=O)NC1=O. The van der Waals surface area contributed by atoms with Crippen molar-refractivity contribution in [2.45, 2.75) is 24.9 Å². The molecule has 1 unspecified atom stereocenters. The number of carbonyl (C=O) groups is 3. The van der Waals surface area contributed by atoms with E-state index in [1.807, 2.05) is 36.4 Å². The molecule has 4 aromatic rings. The molecule has 2 heterocycles. The van der Waals surface area contributed by atoms with Gasteiger partial charge in [-0.05, 0) is 34.7 Å². The van der Waals surface area contributed by atoms with Gasteiger partial charge in [0.2, 0.25) is 5.91 Å². The molecule has 4 amide bonds. The van der Waals surface area contributed by atoms with Crippen LogP contribution in [0.1, 0.15) is 11.1 Å². The lowest BCUT2D eigenvalue weighted by atomic mass is 9.96. The number of carbonyl (C=O) groups excluding carboxylic acids is 3. The van der Waals surface area contributed by atoms with E-state index < -0.39 is 17.3 Å². The van der Waals surface area contributed by atoms with E-state index in [1.54, 1.807) is 18.2 Å². The summed E-state index contributed by atoms with van der Waals surface area (Å²) in [5, 5.41) is 9.56. The highest BCUT2D eigenvalue weighted by Crippen LogP contribution is 2.34. The number of aromatic nitrogens is 1. The lowest BCUT2D eigenvalue weighted by Gasteiger charge is -2.18. The number of rotatable bonds is 3. The molecule has 1 aliphatic heterocycles. The van der Waals surface area contributed by atoms with Gasteiger partial charge in [-0.1, -0.05) is 36.4 Å². The Labute approximate surface area is 186 Å². The van der Waals surface area contributed by atoms with Crippen molar-refractivity contribution in [1.82, 2.24) is 15.2 Å². The van der Waals surface area contributed by atoms with Crippen molar-refractivity contribution in [2.24, 2.45) is 0 Å². The van der Waals surface area contributed by atoms with Crippen molar-refractivity contribution in [3.05, 3.63) is 76.3 Å². The molecule has 1 fully saturated rings. The highest BCUT2D eigenvalue weighted by atomic mass is 16.4. The zero-order valence-corrected chi connectivity index (χ0v) is 17.3. The zero-order chi connectivity index (χ0) is 22.7. The van der Waals surface area contributed by atoms with E-state index in [0.29, 0.717) is 29.6 Å². The third-order valence-corrected chi connectivity index (χ3v) is 6.35. The Bertz CT molecular complexity index is 1570. The zero-order valence-electron chi connectivity index (χ0n) is 17.3. The van der Waals surface area contributed by atoms with Gasteiger partial charge in [0.15, 0.2) is 5.58 Å². The van der Waals surface area contributed by atoms with Crippen LogP contribution >= 0.6 is 0 Å². The molecule has 3 N–H and O–H groups in total. The molecule has 1 saturated heterocycles. The van der Waals surface area contributed by atoms with Crippen LogP contribution in [0.3, 0.4) is 0 Å². The van der Waals surface area contributed by atoms with Crippen LogP contribution in [0, 0.1) is 0 Å². The minimum Gasteiger partial charge on any atom is -0.407 e. The topological polar surface area (TPSA) is 122 Å². The third-order valence-electron chi connectivity index (χ3n) is 6.35. The van der Waals surface area contributed by atoms with Crippen molar-refractivity contribution >= 4 is 45.4 Å². The van der Waals surface area contributed by atoms with E-state index in [0.717, 1.165) is 21.9 Å². The number of nitrogens with one attached hydrogen (secondary N) is 3. The average Bonchev–Trinajstić information content (AvgIpc) is 3.40. The number of hydrogen-bond donors (Lipinski definition) is 3. The molecule has 0 radical (unpaired) electrons. The molecule has 1 spiro atoms. The predicted molar refractivity (Wildman–Crippen MR) is 120 cm³/mol. The highest BCUT2D eigenvalue weighted by Gasteiger charge is 2.49. The molecule has 2 aliphatic rings. The predicted octanol–water partition coefficient (Wildman–Crippen LogP) is 2.06. The van der Waals surface area contributed by atoms with Gasteiger partial charge in [-0.3, -0.25) is 19.5 Å². The van der Waals surface area contributed by atoms with Crippen LogP contribution in [-0.4, -0.2) is 28.0 Å². The summed E-state index contributed by atoms with van der Waals surface area (Å²) in [5.41, 5.74) is 2.40. The second kappa shape index (κ2) is 6.80. The molecule has 1 aliphatic carbocycles. The van der Waals surface area contributed by atoms with E-state index in [9.17, 15) is 19.2 Å². The molecule has 3 aromatic carbocycles. The number of fused-ring (bicyclic) bond motifs is 4. The number of hydrogen-bond acceptors (Lipinski definition) is 5. The molecule has 0 bridgehead atoms. The summed E-state index contributed by atoms with van der Waals surface area (Å²) in [6, 6.07) is 16.1. The van der Waals surface area contributed by atoms with Crippen molar-refractivity contribution in [1.29, 1.82) is 0 Å². The van der Waals surface area contributed by atoms with Gasteiger partial charge in [-0.15, -0.1) is 0 Å². The first-order chi connectivity index (χ1) is 15.9. The van der Waals surface area contributed by atoms with E-state index in [2.05, 4.69) is 16.0 Å². The molecule has 9 nitrogen and oxygen atoms in total. The molecule has 1 atom stereocenters. The van der Waals surface area contributed by atoms with E-state index in [1.165, 1.54) is 4.57 Å². The van der Waals surface area contributed by atoms with Crippen LogP contribution in [0.25, 0.3) is 21.9 Å². The average molecular weight is 442 g/mol. The van der Waals surface area contributed by atoms with Crippen LogP contribution in [-0.2, 0) is 29.0 Å². The quantitative estimate of drug-likeness (QED) is 0.419. The molecule has 164 valence electrons.